The molecule has 0 bridgehead atoms. The van der Waals surface area contributed by atoms with Crippen molar-refractivity contribution in [2.45, 2.75) is 0 Å². The highest BCUT2D eigenvalue weighted by atomic mass is 16.5. The number of rotatable bonds is 6. The van der Waals surface area contributed by atoms with E-state index in [-0.39, 0.29) is 0 Å². The topological polar surface area (TPSA) is 72.0 Å². The fourth-order valence-electron chi connectivity index (χ4n) is 2.42. The number of nitrogens with one attached hydrogen (secondary N) is 2. The fraction of sp³-hybridized carbons (Fsp3) is 0. The number of pyridine rings is 1. The molecule has 0 aliphatic carbocycles. The molecule has 2 aromatic carbocycles. The summed E-state index contributed by atoms with van der Waals surface area (Å²) in [6.45, 7) is 0. The number of aromatic nitrogens is 3. The number of hydrogen-bond donors (Lipinski definition) is 2. The van der Waals surface area contributed by atoms with Crippen molar-refractivity contribution < 1.29 is 4.74 Å². The van der Waals surface area contributed by atoms with Crippen LogP contribution in [0.5, 0.6) is 11.5 Å². The van der Waals surface area contributed by atoms with Crippen LogP contribution in [0.4, 0.5) is 23.3 Å². The lowest BCUT2D eigenvalue weighted by atomic mass is 10.3. The van der Waals surface area contributed by atoms with Gasteiger partial charge >= 0.3 is 0 Å². The van der Waals surface area contributed by atoms with E-state index >= 15 is 0 Å². The second-order valence-corrected chi connectivity index (χ2v) is 5.67. The van der Waals surface area contributed by atoms with E-state index in [9.17, 15) is 0 Å². The first kappa shape index (κ1) is 16.5. The predicted octanol–water partition coefficient (Wildman–Crippen LogP) is 5.15. The third-order valence-corrected chi connectivity index (χ3v) is 3.67. The molecule has 2 heterocycles. The van der Waals surface area contributed by atoms with Crippen LogP contribution in [0.25, 0.3) is 0 Å². The Morgan fingerprint density at radius 3 is 2.15 bits per heavy atom. The first-order chi connectivity index (χ1) is 13.3. The normalized spacial score (nSPS) is 10.2. The summed E-state index contributed by atoms with van der Waals surface area (Å²) in [6, 6.07) is 24.8. The lowest BCUT2D eigenvalue weighted by Gasteiger charge is -2.09. The van der Waals surface area contributed by atoms with Gasteiger partial charge in [0.25, 0.3) is 0 Å². The van der Waals surface area contributed by atoms with Crippen LogP contribution in [0.15, 0.2) is 91.3 Å². The van der Waals surface area contributed by atoms with E-state index in [0.717, 1.165) is 17.2 Å². The maximum absolute atomic E-state index is 5.80. The summed E-state index contributed by atoms with van der Waals surface area (Å²) in [7, 11) is 0. The minimum absolute atomic E-state index is 0.475. The Hall–Kier alpha value is -3.93. The molecule has 2 aromatic heterocycles. The van der Waals surface area contributed by atoms with Gasteiger partial charge in [0.2, 0.25) is 5.95 Å². The van der Waals surface area contributed by atoms with Gasteiger partial charge < -0.3 is 15.4 Å². The van der Waals surface area contributed by atoms with Gasteiger partial charge in [-0.2, -0.15) is 4.98 Å². The van der Waals surface area contributed by atoms with Crippen LogP contribution >= 0.6 is 0 Å². The number of ether oxygens (including phenoxy) is 1. The average molecular weight is 355 g/mol. The molecule has 6 nitrogen and oxygen atoms in total. The van der Waals surface area contributed by atoms with E-state index in [1.165, 1.54) is 0 Å². The second-order valence-electron chi connectivity index (χ2n) is 5.67. The Bertz CT molecular complexity index is 992. The quantitative estimate of drug-likeness (QED) is 0.498. The van der Waals surface area contributed by atoms with E-state index < -0.39 is 0 Å². The van der Waals surface area contributed by atoms with Crippen LogP contribution in [-0.4, -0.2) is 15.0 Å². The fourth-order valence-corrected chi connectivity index (χ4v) is 2.42. The molecule has 0 aliphatic rings. The molecule has 0 saturated carbocycles. The summed E-state index contributed by atoms with van der Waals surface area (Å²) < 4.78 is 5.80. The molecule has 6 heteroatoms. The zero-order valence-electron chi connectivity index (χ0n) is 14.4. The average Bonchev–Trinajstić information content (AvgIpc) is 2.71. The van der Waals surface area contributed by atoms with E-state index in [0.29, 0.717) is 17.6 Å². The van der Waals surface area contributed by atoms with E-state index in [1.807, 2.05) is 72.8 Å². The van der Waals surface area contributed by atoms with Gasteiger partial charge in [-0.05, 0) is 54.6 Å². The largest absolute Gasteiger partial charge is 0.457 e. The molecule has 132 valence electrons. The molecule has 0 amide bonds. The summed E-state index contributed by atoms with van der Waals surface area (Å²) >= 11 is 0. The van der Waals surface area contributed by atoms with Gasteiger partial charge in [-0.1, -0.05) is 24.3 Å². The third kappa shape index (κ3) is 4.58. The third-order valence-electron chi connectivity index (χ3n) is 3.67. The molecule has 0 atom stereocenters. The van der Waals surface area contributed by atoms with E-state index in [4.69, 9.17) is 4.74 Å². The molecule has 27 heavy (non-hydrogen) atoms. The first-order valence-electron chi connectivity index (χ1n) is 8.46. The van der Waals surface area contributed by atoms with Crippen LogP contribution < -0.4 is 15.4 Å². The predicted molar refractivity (Wildman–Crippen MR) is 106 cm³/mol. The monoisotopic (exact) mass is 355 g/mol. The Balaban J connectivity index is 1.42. The highest BCUT2D eigenvalue weighted by Gasteiger charge is 2.02. The summed E-state index contributed by atoms with van der Waals surface area (Å²) in [5.41, 5.74) is 0.901. The zero-order valence-corrected chi connectivity index (χ0v) is 14.4. The summed E-state index contributed by atoms with van der Waals surface area (Å²) in [5, 5.41) is 6.33. The molecule has 0 radical (unpaired) electrons. The Kier molecular flexibility index (Phi) is 4.88. The van der Waals surface area contributed by atoms with Crippen LogP contribution in [0.1, 0.15) is 0 Å². The molecule has 4 aromatic rings. The van der Waals surface area contributed by atoms with Crippen molar-refractivity contribution in [1.82, 2.24) is 15.0 Å². The molecule has 0 saturated heterocycles. The number of hydrogen-bond acceptors (Lipinski definition) is 6. The first-order valence-corrected chi connectivity index (χ1v) is 8.46. The van der Waals surface area contributed by atoms with Gasteiger partial charge in [0.05, 0.1) is 0 Å². The van der Waals surface area contributed by atoms with Crippen molar-refractivity contribution in [1.29, 1.82) is 0 Å². The second kappa shape index (κ2) is 7.97. The van der Waals surface area contributed by atoms with Crippen molar-refractivity contribution in [3.8, 4) is 11.5 Å². The molecule has 0 spiro atoms. The van der Waals surface area contributed by atoms with E-state index in [1.54, 1.807) is 18.5 Å². The standard InChI is InChI=1S/C21H17N5O/c1-2-6-17(7-3-1)27-18-11-9-16(10-12-18)24-20-13-15-23-21(26-20)25-19-8-4-5-14-22-19/h1-15H,(H2,22,23,24,25,26). The Morgan fingerprint density at radius 2 is 1.37 bits per heavy atom. The number of anilines is 4. The number of nitrogens with zero attached hydrogens (tertiary/aromatic N) is 3. The molecule has 4 rings (SSSR count). The van der Waals surface area contributed by atoms with Crippen molar-refractivity contribution in [3.05, 3.63) is 91.3 Å². The smallest absolute Gasteiger partial charge is 0.230 e. The highest BCUT2D eigenvalue weighted by molar-refractivity contribution is 5.59. The zero-order chi connectivity index (χ0) is 18.3. The van der Waals surface area contributed by atoms with Gasteiger partial charge in [-0.3, -0.25) is 0 Å². The van der Waals surface area contributed by atoms with Crippen molar-refractivity contribution in [2.75, 3.05) is 10.6 Å². The lowest BCUT2D eigenvalue weighted by molar-refractivity contribution is 0.483. The maximum atomic E-state index is 5.80. The lowest BCUT2D eigenvalue weighted by Crippen LogP contribution is -2.01. The van der Waals surface area contributed by atoms with Crippen LogP contribution in [-0.2, 0) is 0 Å². The van der Waals surface area contributed by atoms with Crippen molar-refractivity contribution >= 4 is 23.3 Å². The molecule has 0 unspecified atom stereocenters. The van der Waals surface area contributed by atoms with Crippen molar-refractivity contribution in [2.24, 2.45) is 0 Å². The highest BCUT2D eigenvalue weighted by Crippen LogP contribution is 2.24. The van der Waals surface area contributed by atoms with Gasteiger partial charge in [0, 0.05) is 18.1 Å². The van der Waals surface area contributed by atoms with Gasteiger partial charge in [-0.15, -0.1) is 0 Å². The summed E-state index contributed by atoms with van der Waals surface area (Å²) in [5.74, 6) is 3.42. The van der Waals surface area contributed by atoms with E-state index in [2.05, 4.69) is 25.6 Å². The van der Waals surface area contributed by atoms with Gasteiger partial charge in [0.1, 0.15) is 23.1 Å². The Labute approximate surface area is 156 Å². The maximum Gasteiger partial charge on any atom is 0.230 e. The SMILES string of the molecule is c1ccc(Oc2ccc(Nc3ccnc(Nc4ccccn4)n3)cc2)cc1. The molecule has 2 N–H and O–H groups in total. The number of para-hydroxylation sites is 1. The van der Waals surface area contributed by atoms with Crippen molar-refractivity contribution in [3.63, 3.8) is 0 Å². The molecule has 0 fully saturated rings. The molecular formula is C21H17N5O. The van der Waals surface area contributed by atoms with Crippen LogP contribution in [0.3, 0.4) is 0 Å². The minimum Gasteiger partial charge on any atom is -0.457 e. The van der Waals surface area contributed by atoms with Gasteiger partial charge in [-0.25, -0.2) is 9.97 Å². The van der Waals surface area contributed by atoms with Crippen LogP contribution in [0.2, 0.25) is 0 Å². The molecule has 0 aliphatic heterocycles. The summed E-state index contributed by atoms with van der Waals surface area (Å²) in [6.07, 6.45) is 3.40. The van der Waals surface area contributed by atoms with Crippen LogP contribution in [0, 0.1) is 0 Å². The van der Waals surface area contributed by atoms with Gasteiger partial charge in [0.15, 0.2) is 0 Å². The molecular weight excluding hydrogens is 338 g/mol. The Morgan fingerprint density at radius 1 is 0.593 bits per heavy atom. The minimum atomic E-state index is 0.475. The summed E-state index contributed by atoms with van der Waals surface area (Å²) in [4.78, 5) is 12.9. The number of benzene rings is 2.